The van der Waals surface area contributed by atoms with Gasteiger partial charge in [0.2, 0.25) is 0 Å². The van der Waals surface area contributed by atoms with Crippen LogP contribution in [0.2, 0.25) is 0 Å². The van der Waals surface area contributed by atoms with E-state index in [0.717, 1.165) is 44.2 Å². The van der Waals surface area contributed by atoms with Crippen molar-refractivity contribution >= 4 is 24.5 Å². The molecule has 0 aromatic heterocycles. The van der Waals surface area contributed by atoms with E-state index in [1.165, 1.54) is 29.5 Å². The number of amides is 2. The maximum Gasteiger partial charge on any atom is 0.332 e. The van der Waals surface area contributed by atoms with Gasteiger partial charge in [-0.25, -0.2) is 9.10 Å². The van der Waals surface area contributed by atoms with E-state index in [4.69, 9.17) is 0 Å². The SMILES string of the molecule is CCc1cc(C(CC)CC)cc(CC)c1N(S)C(=O)NC1CCCC1. The summed E-state index contributed by atoms with van der Waals surface area (Å²) in [7, 11) is 0. The summed E-state index contributed by atoms with van der Waals surface area (Å²) in [6, 6.07) is 4.80. The molecule has 0 heterocycles. The van der Waals surface area contributed by atoms with Gasteiger partial charge in [0.1, 0.15) is 0 Å². The van der Waals surface area contributed by atoms with Crippen LogP contribution >= 0.6 is 12.8 Å². The summed E-state index contributed by atoms with van der Waals surface area (Å²) in [6.45, 7) is 8.81. The van der Waals surface area contributed by atoms with Crippen molar-refractivity contribution in [3.05, 3.63) is 28.8 Å². The third-order valence-electron chi connectivity index (χ3n) is 5.60. The fourth-order valence-corrected chi connectivity index (χ4v) is 4.32. The highest BCUT2D eigenvalue weighted by Gasteiger charge is 2.24. The molecule has 0 aliphatic heterocycles. The number of nitrogens with zero attached hydrogens (tertiary/aromatic N) is 1. The molecule has 1 fully saturated rings. The summed E-state index contributed by atoms with van der Waals surface area (Å²) in [5.74, 6) is 0.588. The number of hydrogen-bond acceptors (Lipinski definition) is 2. The smallest absolute Gasteiger partial charge is 0.332 e. The Kier molecular flexibility index (Phi) is 7.67. The molecule has 4 heteroatoms. The summed E-state index contributed by atoms with van der Waals surface area (Å²) in [5.41, 5.74) is 4.83. The fraction of sp³-hybridized carbons (Fsp3) is 0.667. The molecule has 1 N–H and O–H groups in total. The van der Waals surface area contributed by atoms with Crippen molar-refractivity contribution in [3.63, 3.8) is 0 Å². The van der Waals surface area contributed by atoms with Crippen LogP contribution in [0.25, 0.3) is 0 Å². The van der Waals surface area contributed by atoms with E-state index in [2.05, 4.69) is 58.0 Å². The van der Waals surface area contributed by atoms with Crippen LogP contribution < -0.4 is 9.62 Å². The van der Waals surface area contributed by atoms with Gasteiger partial charge in [0.25, 0.3) is 0 Å². The Morgan fingerprint density at radius 3 is 2.08 bits per heavy atom. The molecular formula is C21H34N2OS. The average Bonchev–Trinajstić information content (AvgIpc) is 3.14. The standard InChI is InChI=1S/C21H34N2OS/c1-5-15(6-2)18-13-16(7-3)20(17(8-4)14-18)23(25)21(24)22-19-11-9-10-12-19/h13-15,19,25H,5-12H2,1-4H3,(H,22,24). The lowest BCUT2D eigenvalue weighted by atomic mass is 9.89. The number of urea groups is 1. The Labute approximate surface area is 159 Å². The van der Waals surface area contributed by atoms with Gasteiger partial charge in [0.15, 0.2) is 0 Å². The van der Waals surface area contributed by atoms with Gasteiger partial charge in [-0.3, -0.25) is 0 Å². The summed E-state index contributed by atoms with van der Waals surface area (Å²) in [6.07, 6.45) is 8.70. The Bertz CT molecular complexity index is 552. The maximum absolute atomic E-state index is 12.7. The third-order valence-corrected chi connectivity index (χ3v) is 5.98. The summed E-state index contributed by atoms with van der Waals surface area (Å²) >= 11 is 4.59. The zero-order valence-electron chi connectivity index (χ0n) is 16.3. The minimum atomic E-state index is -0.0880. The number of hydrogen-bond donors (Lipinski definition) is 2. The third kappa shape index (κ3) is 4.72. The monoisotopic (exact) mass is 362 g/mol. The molecule has 25 heavy (non-hydrogen) atoms. The summed E-state index contributed by atoms with van der Waals surface area (Å²) < 4.78 is 1.55. The lowest BCUT2D eigenvalue weighted by Gasteiger charge is -2.26. The second-order valence-electron chi connectivity index (χ2n) is 7.15. The number of carbonyl (C=O) groups excluding carboxylic acids is 1. The van der Waals surface area contributed by atoms with Crippen molar-refractivity contribution in [2.45, 2.75) is 91.0 Å². The molecule has 1 aliphatic rings. The zero-order chi connectivity index (χ0) is 18.4. The van der Waals surface area contributed by atoms with E-state index < -0.39 is 0 Å². The molecule has 3 nitrogen and oxygen atoms in total. The Balaban J connectivity index is 2.32. The molecule has 0 bridgehead atoms. The minimum absolute atomic E-state index is 0.0880. The van der Waals surface area contributed by atoms with Crippen LogP contribution in [-0.2, 0) is 12.8 Å². The minimum Gasteiger partial charge on any atom is -0.334 e. The molecule has 140 valence electrons. The highest BCUT2D eigenvalue weighted by molar-refractivity contribution is 7.82. The number of anilines is 1. The molecule has 1 aliphatic carbocycles. The first-order valence-corrected chi connectivity index (χ1v) is 10.4. The van der Waals surface area contributed by atoms with Crippen LogP contribution in [0.4, 0.5) is 10.5 Å². The predicted octanol–water partition coefficient (Wildman–Crippen LogP) is 6.02. The second kappa shape index (κ2) is 9.51. The normalized spacial score (nSPS) is 15.0. The number of thiol groups is 1. The summed E-state index contributed by atoms with van der Waals surface area (Å²) in [4.78, 5) is 12.7. The number of benzene rings is 1. The van der Waals surface area contributed by atoms with Crippen LogP contribution in [0, 0.1) is 0 Å². The molecule has 0 atom stereocenters. The lowest BCUT2D eigenvalue weighted by molar-refractivity contribution is 0.246. The van der Waals surface area contributed by atoms with Crippen molar-refractivity contribution in [3.8, 4) is 0 Å². The fourth-order valence-electron chi connectivity index (χ4n) is 4.00. The molecule has 0 radical (unpaired) electrons. The number of aryl methyl sites for hydroxylation is 2. The average molecular weight is 363 g/mol. The van der Waals surface area contributed by atoms with E-state index >= 15 is 0 Å². The molecule has 1 aromatic carbocycles. The highest BCUT2D eigenvalue weighted by atomic mass is 32.1. The van der Waals surface area contributed by atoms with Crippen molar-refractivity contribution in [2.24, 2.45) is 0 Å². The quantitative estimate of drug-likeness (QED) is 0.571. The van der Waals surface area contributed by atoms with E-state index in [0.29, 0.717) is 12.0 Å². The van der Waals surface area contributed by atoms with Crippen molar-refractivity contribution in [1.82, 2.24) is 5.32 Å². The maximum atomic E-state index is 12.7. The van der Waals surface area contributed by atoms with Gasteiger partial charge in [-0.1, -0.05) is 65.5 Å². The first-order valence-electron chi connectivity index (χ1n) is 10.0. The van der Waals surface area contributed by atoms with Gasteiger partial charge >= 0.3 is 6.03 Å². The van der Waals surface area contributed by atoms with Gasteiger partial charge in [-0.15, -0.1) is 0 Å². The number of nitrogens with one attached hydrogen (secondary N) is 1. The van der Waals surface area contributed by atoms with Crippen LogP contribution in [0.3, 0.4) is 0 Å². The highest BCUT2D eigenvalue weighted by Crippen LogP contribution is 2.34. The molecule has 1 aromatic rings. The Morgan fingerprint density at radius 1 is 1.12 bits per heavy atom. The first-order chi connectivity index (χ1) is 12.0. The van der Waals surface area contributed by atoms with Gasteiger partial charge in [-0.05, 0) is 61.1 Å². The molecule has 0 unspecified atom stereocenters. The van der Waals surface area contributed by atoms with Gasteiger partial charge in [0.05, 0.1) is 5.69 Å². The Hall–Kier alpha value is -1.16. The largest absolute Gasteiger partial charge is 0.334 e. The van der Waals surface area contributed by atoms with Gasteiger partial charge in [-0.2, -0.15) is 0 Å². The second-order valence-corrected chi connectivity index (χ2v) is 7.55. The van der Waals surface area contributed by atoms with E-state index in [1.807, 2.05) is 0 Å². The van der Waals surface area contributed by atoms with Crippen molar-refractivity contribution in [2.75, 3.05) is 4.31 Å². The molecular weight excluding hydrogens is 328 g/mol. The van der Waals surface area contributed by atoms with Crippen LogP contribution in [0.15, 0.2) is 12.1 Å². The topological polar surface area (TPSA) is 32.3 Å². The number of rotatable bonds is 7. The van der Waals surface area contributed by atoms with E-state index in [1.54, 1.807) is 4.31 Å². The molecule has 0 spiro atoms. The van der Waals surface area contributed by atoms with Crippen LogP contribution in [0.5, 0.6) is 0 Å². The number of carbonyl (C=O) groups is 1. The molecule has 2 amide bonds. The van der Waals surface area contributed by atoms with Crippen LogP contribution in [-0.4, -0.2) is 12.1 Å². The van der Waals surface area contributed by atoms with E-state index in [9.17, 15) is 4.79 Å². The van der Waals surface area contributed by atoms with Crippen molar-refractivity contribution < 1.29 is 4.79 Å². The van der Waals surface area contributed by atoms with Gasteiger partial charge in [0, 0.05) is 6.04 Å². The predicted molar refractivity (Wildman–Crippen MR) is 111 cm³/mol. The van der Waals surface area contributed by atoms with E-state index in [-0.39, 0.29) is 6.03 Å². The molecule has 1 saturated carbocycles. The first kappa shape index (κ1) is 20.2. The van der Waals surface area contributed by atoms with Crippen LogP contribution in [0.1, 0.15) is 88.8 Å². The molecule has 2 rings (SSSR count). The summed E-state index contributed by atoms with van der Waals surface area (Å²) in [5, 5.41) is 3.15. The molecule has 0 saturated heterocycles. The zero-order valence-corrected chi connectivity index (χ0v) is 17.2. The Morgan fingerprint density at radius 2 is 1.64 bits per heavy atom. The lowest BCUT2D eigenvalue weighted by Crippen LogP contribution is -2.40. The van der Waals surface area contributed by atoms with Crippen molar-refractivity contribution in [1.29, 1.82) is 0 Å². The van der Waals surface area contributed by atoms with Gasteiger partial charge < -0.3 is 5.32 Å².